The van der Waals surface area contributed by atoms with E-state index < -0.39 is 0 Å². The van der Waals surface area contributed by atoms with Crippen molar-refractivity contribution in [2.24, 2.45) is 0 Å². The fraction of sp³-hybridized carbons (Fsp3) is 0.538. The Bertz CT molecular complexity index is 364. The highest BCUT2D eigenvalue weighted by Crippen LogP contribution is 2.16. The molecule has 0 radical (unpaired) electrons. The summed E-state index contributed by atoms with van der Waals surface area (Å²) in [5, 5.41) is 10.5. The van der Waals surface area contributed by atoms with E-state index in [0.717, 1.165) is 12.1 Å². The Morgan fingerprint density at radius 2 is 1.59 bits per heavy atom. The van der Waals surface area contributed by atoms with Gasteiger partial charge in [0.2, 0.25) is 0 Å². The van der Waals surface area contributed by atoms with Crippen LogP contribution in [0, 0.1) is 10.1 Å². The molecule has 0 spiro atoms. The Balaban J connectivity index is 2.77. The van der Waals surface area contributed by atoms with E-state index in [-0.39, 0.29) is 10.6 Å². The molecule has 4 nitrogen and oxygen atoms in total. The van der Waals surface area contributed by atoms with Gasteiger partial charge in [0.25, 0.3) is 5.69 Å². The minimum atomic E-state index is -0.369. The monoisotopic (exact) mass is 236 g/mol. The summed E-state index contributed by atoms with van der Waals surface area (Å²) in [4.78, 5) is 12.5. The van der Waals surface area contributed by atoms with E-state index >= 15 is 0 Å². The Morgan fingerprint density at radius 3 is 1.94 bits per heavy atom. The van der Waals surface area contributed by atoms with E-state index in [4.69, 9.17) is 0 Å². The van der Waals surface area contributed by atoms with Crippen LogP contribution in [0.3, 0.4) is 0 Å². The molecule has 4 heteroatoms. The highest BCUT2D eigenvalue weighted by molar-refractivity contribution is 5.32. The van der Waals surface area contributed by atoms with E-state index in [2.05, 4.69) is 32.6 Å². The fourth-order valence-electron chi connectivity index (χ4n) is 1.90. The molecule has 0 aromatic heterocycles. The molecule has 0 fully saturated rings. The molecular formula is C13H20N2O2. The van der Waals surface area contributed by atoms with Crippen LogP contribution in [-0.4, -0.2) is 21.9 Å². The largest absolute Gasteiger partial charge is 0.294 e. The van der Waals surface area contributed by atoms with Crippen LogP contribution >= 0.6 is 0 Å². The molecular weight excluding hydrogens is 216 g/mol. The first-order valence-corrected chi connectivity index (χ1v) is 5.91. The van der Waals surface area contributed by atoms with Crippen molar-refractivity contribution < 1.29 is 4.92 Å². The average molecular weight is 236 g/mol. The quantitative estimate of drug-likeness (QED) is 0.582. The molecule has 0 bridgehead atoms. The third kappa shape index (κ3) is 3.82. The van der Waals surface area contributed by atoms with Crippen molar-refractivity contribution in [1.29, 1.82) is 0 Å². The second-order valence-electron chi connectivity index (χ2n) is 4.78. The molecule has 17 heavy (non-hydrogen) atoms. The average Bonchev–Trinajstić information content (AvgIpc) is 2.25. The summed E-state index contributed by atoms with van der Waals surface area (Å²) in [5.41, 5.74) is 1.26. The van der Waals surface area contributed by atoms with Gasteiger partial charge in [-0.25, -0.2) is 0 Å². The summed E-state index contributed by atoms with van der Waals surface area (Å²) in [6, 6.07) is 7.71. The third-order valence-corrected chi connectivity index (χ3v) is 2.84. The number of benzene rings is 1. The third-order valence-electron chi connectivity index (χ3n) is 2.84. The van der Waals surface area contributed by atoms with Gasteiger partial charge in [-0.1, -0.05) is 12.1 Å². The topological polar surface area (TPSA) is 46.4 Å². The van der Waals surface area contributed by atoms with Gasteiger partial charge in [0.15, 0.2) is 0 Å². The molecule has 0 unspecified atom stereocenters. The zero-order valence-electron chi connectivity index (χ0n) is 10.9. The van der Waals surface area contributed by atoms with Crippen LogP contribution in [-0.2, 0) is 6.54 Å². The Hall–Kier alpha value is -1.42. The minimum absolute atomic E-state index is 0.148. The second-order valence-corrected chi connectivity index (χ2v) is 4.78. The van der Waals surface area contributed by atoms with Crippen molar-refractivity contribution in [2.75, 3.05) is 0 Å². The maximum Gasteiger partial charge on any atom is 0.269 e. The van der Waals surface area contributed by atoms with Crippen molar-refractivity contribution in [3.05, 3.63) is 39.9 Å². The maximum atomic E-state index is 10.5. The number of hydrogen-bond donors (Lipinski definition) is 0. The Kier molecular flexibility index (Phi) is 4.63. The Labute approximate surface area is 102 Å². The molecule has 0 heterocycles. The molecule has 0 aliphatic rings. The summed E-state index contributed by atoms with van der Waals surface area (Å²) in [6.07, 6.45) is 0. The van der Waals surface area contributed by atoms with E-state index in [1.165, 1.54) is 0 Å². The first-order valence-electron chi connectivity index (χ1n) is 5.91. The minimum Gasteiger partial charge on any atom is -0.294 e. The molecule has 0 saturated carbocycles. The van der Waals surface area contributed by atoms with Crippen molar-refractivity contribution in [1.82, 2.24) is 4.90 Å². The van der Waals surface area contributed by atoms with Crippen LogP contribution in [0.2, 0.25) is 0 Å². The van der Waals surface area contributed by atoms with Crippen LogP contribution in [0.5, 0.6) is 0 Å². The normalized spacial score (nSPS) is 11.5. The zero-order valence-corrected chi connectivity index (χ0v) is 10.9. The molecule has 1 aromatic carbocycles. The van der Waals surface area contributed by atoms with Crippen LogP contribution in [0.15, 0.2) is 24.3 Å². The number of nitro groups is 1. The molecule has 1 rings (SSSR count). The zero-order chi connectivity index (χ0) is 13.0. The van der Waals surface area contributed by atoms with Crippen molar-refractivity contribution >= 4 is 5.69 Å². The van der Waals surface area contributed by atoms with Gasteiger partial charge in [-0.15, -0.1) is 0 Å². The molecule has 0 N–H and O–H groups in total. The van der Waals surface area contributed by atoms with Gasteiger partial charge in [-0.2, -0.15) is 0 Å². The Morgan fingerprint density at radius 1 is 1.12 bits per heavy atom. The molecule has 1 aromatic rings. The fourth-order valence-corrected chi connectivity index (χ4v) is 1.90. The van der Waals surface area contributed by atoms with E-state index in [1.54, 1.807) is 12.1 Å². The summed E-state index contributed by atoms with van der Waals surface area (Å²) < 4.78 is 0. The SMILES string of the molecule is CC(C)N(Cc1ccc([N+](=O)[O-])cc1)C(C)C. The lowest BCUT2D eigenvalue weighted by atomic mass is 10.1. The standard InChI is InChI=1S/C13H20N2O2/c1-10(2)14(11(3)4)9-12-5-7-13(8-6-12)15(16)17/h5-8,10-11H,9H2,1-4H3. The lowest BCUT2D eigenvalue weighted by Gasteiger charge is -2.30. The van der Waals surface area contributed by atoms with Gasteiger partial charge in [0.05, 0.1) is 4.92 Å². The van der Waals surface area contributed by atoms with Crippen molar-refractivity contribution in [3.8, 4) is 0 Å². The van der Waals surface area contributed by atoms with E-state index in [9.17, 15) is 10.1 Å². The lowest BCUT2D eigenvalue weighted by Crippen LogP contribution is -2.36. The van der Waals surface area contributed by atoms with Gasteiger partial charge in [0, 0.05) is 30.8 Å². The molecule has 0 amide bonds. The van der Waals surface area contributed by atoms with Crippen LogP contribution in [0.1, 0.15) is 33.3 Å². The highest BCUT2D eigenvalue weighted by Gasteiger charge is 2.14. The number of non-ortho nitro benzene ring substituents is 1. The van der Waals surface area contributed by atoms with Gasteiger partial charge in [0.1, 0.15) is 0 Å². The van der Waals surface area contributed by atoms with Crippen molar-refractivity contribution in [3.63, 3.8) is 0 Å². The molecule has 94 valence electrons. The molecule has 0 atom stereocenters. The number of hydrogen-bond acceptors (Lipinski definition) is 3. The van der Waals surface area contributed by atoms with Gasteiger partial charge in [-0.3, -0.25) is 15.0 Å². The summed E-state index contributed by atoms with van der Waals surface area (Å²) >= 11 is 0. The van der Waals surface area contributed by atoms with Gasteiger partial charge in [-0.05, 0) is 33.3 Å². The number of nitro benzene ring substituents is 1. The van der Waals surface area contributed by atoms with Gasteiger partial charge >= 0.3 is 0 Å². The van der Waals surface area contributed by atoms with E-state index in [1.807, 2.05) is 12.1 Å². The van der Waals surface area contributed by atoms with Gasteiger partial charge < -0.3 is 0 Å². The first kappa shape index (κ1) is 13.6. The van der Waals surface area contributed by atoms with Crippen molar-refractivity contribution in [2.45, 2.75) is 46.3 Å². The maximum absolute atomic E-state index is 10.5. The lowest BCUT2D eigenvalue weighted by molar-refractivity contribution is -0.384. The highest BCUT2D eigenvalue weighted by atomic mass is 16.6. The number of nitrogens with zero attached hydrogens (tertiary/aromatic N) is 2. The van der Waals surface area contributed by atoms with Crippen LogP contribution in [0.25, 0.3) is 0 Å². The summed E-state index contributed by atoms with van der Waals surface area (Å²) in [6.45, 7) is 9.46. The van der Waals surface area contributed by atoms with E-state index in [0.29, 0.717) is 12.1 Å². The summed E-state index contributed by atoms with van der Waals surface area (Å²) in [5.74, 6) is 0. The summed E-state index contributed by atoms with van der Waals surface area (Å²) in [7, 11) is 0. The smallest absolute Gasteiger partial charge is 0.269 e. The first-order chi connectivity index (χ1) is 7.91. The molecule has 0 aliphatic carbocycles. The molecule has 0 aliphatic heterocycles. The van der Waals surface area contributed by atoms with Crippen LogP contribution < -0.4 is 0 Å². The van der Waals surface area contributed by atoms with Crippen LogP contribution in [0.4, 0.5) is 5.69 Å². The second kappa shape index (κ2) is 5.77. The predicted octanol–water partition coefficient (Wildman–Crippen LogP) is 3.21. The molecule has 0 saturated heterocycles. The predicted molar refractivity (Wildman–Crippen MR) is 68.9 cm³/mol. The number of rotatable bonds is 5.